The maximum Gasteiger partial charge on any atom is 0.231 e. The molecule has 2 aromatic rings. The van der Waals surface area contributed by atoms with E-state index in [4.69, 9.17) is 4.74 Å². The van der Waals surface area contributed by atoms with E-state index in [1.165, 1.54) is 18.4 Å². The minimum Gasteiger partial charge on any atom is -0.476 e. The predicted octanol–water partition coefficient (Wildman–Crippen LogP) is 3.73. The van der Waals surface area contributed by atoms with Crippen molar-refractivity contribution in [3.05, 3.63) is 46.6 Å². The van der Waals surface area contributed by atoms with Gasteiger partial charge < -0.3 is 4.74 Å². The predicted molar refractivity (Wildman–Crippen MR) is 81.7 cm³/mol. The molecule has 20 heavy (non-hydrogen) atoms. The van der Waals surface area contributed by atoms with Crippen LogP contribution in [0.4, 0.5) is 0 Å². The summed E-state index contributed by atoms with van der Waals surface area (Å²) in [6, 6.07) is 3.95. The van der Waals surface area contributed by atoms with Crippen LogP contribution >= 0.6 is 15.9 Å². The average molecular weight is 336 g/mol. The van der Waals surface area contributed by atoms with Crippen molar-refractivity contribution in [2.24, 2.45) is 5.92 Å². The highest BCUT2D eigenvalue weighted by molar-refractivity contribution is 9.10. The van der Waals surface area contributed by atoms with Crippen LogP contribution in [0.5, 0.6) is 5.88 Å². The molecule has 1 aliphatic rings. The molecule has 106 valence electrons. The fraction of sp³-hybridized carbons (Fsp3) is 0.400. The first-order valence-corrected chi connectivity index (χ1v) is 7.43. The zero-order chi connectivity index (χ0) is 14.4. The molecule has 1 aliphatic carbocycles. The number of aryl methyl sites for hydroxylation is 2. The van der Waals surface area contributed by atoms with E-state index in [0.29, 0.717) is 5.88 Å². The minimum atomic E-state index is 0.666. The summed E-state index contributed by atoms with van der Waals surface area (Å²) in [6.07, 6.45) is 7.92. The lowest BCUT2D eigenvalue weighted by molar-refractivity contribution is 0.285. The molecule has 0 radical (unpaired) electrons. The molecule has 0 amide bonds. The van der Waals surface area contributed by atoms with E-state index >= 15 is 0 Å². The van der Waals surface area contributed by atoms with Crippen molar-refractivity contribution >= 4 is 15.9 Å². The van der Waals surface area contributed by atoms with Gasteiger partial charge in [-0.3, -0.25) is 4.98 Å². The fourth-order valence-corrected chi connectivity index (χ4v) is 1.77. The Morgan fingerprint density at radius 3 is 2.65 bits per heavy atom. The molecule has 0 saturated heterocycles. The third kappa shape index (κ3) is 5.25. The van der Waals surface area contributed by atoms with Crippen molar-refractivity contribution in [1.29, 1.82) is 0 Å². The van der Waals surface area contributed by atoms with Crippen LogP contribution in [0.3, 0.4) is 0 Å². The van der Waals surface area contributed by atoms with Gasteiger partial charge in [-0.2, -0.15) is 4.98 Å². The summed E-state index contributed by atoms with van der Waals surface area (Å²) in [5.41, 5.74) is 1.21. The van der Waals surface area contributed by atoms with E-state index in [1.54, 1.807) is 12.4 Å². The first-order chi connectivity index (χ1) is 9.65. The maximum atomic E-state index is 5.54. The molecule has 0 N–H and O–H groups in total. The third-order valence-electron chi connectivity index (χ3n) is 2.79. The van der Waals surface area contributed by atoms with Gasteiger partial charge in [-0.15, -0.1) is 0 Å². The minimum absolute atomic E-state index is 0.666. The summed E-state index contributed by atoms with van der Waals surface area (Å²) in [5.74, 6) is 2.16. The zero-order valence-electron chi connectivity index (χ0n) is 11.7. The smallest absolute Gasteiger partial charge is 0.231 e. The lowest BCUT2D eigenvalue weighted by Gasteiger charge is -2.05. The van der Waals surface area contributed by atoms with E-state index in [1.807, 2.05) is 32.2 Å². The van der Waals surface area contributed by atoms with E-state index < -0.39 is 0 Å². The summed E-state index contributed by atoms with van der Waals surface area (Å²) in [7, 11) is 0. The molecular formula is C15H18BrN3O. The molecule has 1 fully saturated rings. The normalized spacial score (nSPS) is 13.3. The van der Waals surface area contributed by atoms with Gasteiger partial charge in [0.15, 0.2) is 0 Å². The molecule has 2 heterocycles. The third-order valence-corrected chi connectivity index (χ3v) is 3.34. The summed E-state index contributed by atoms with van der Waals surface area (Å²) in [5, 5.41) is 0. The van der Waals surface area contributed by atoms with Crippen molar-refractivity contribution in [3.8, 4) is 5.88 Å². The Kier molecular flexibility index (Phi) is 5.47. The average Bonchev–Trinajstić information content (AvgIpc) is 3.26. The van der Waals surface area contributed by atoms with Gasteiger partial charge in [-0.1, -0.05) is 6.07 Å². The Hall–Kier alpha value is -1.49. The van der Waals surface area contributed by atoms with E-state index in [-0.39, 0.29) is 0 Å². The number of pyridine rings is 1. The van der Waals surface area contributed by atoms with Crippen LogP contribution in [0.1, 0.15) is 24.2 Å². The van der Waals surface area contributed by atoms with Crippen LogP contribution in [-0.4, -0.2) is 21.6 Å². The second-order valence-electron chi connectivity index (χ2n) is 4.86. The van der Waals surface area contributed by atoms with Gasteiger partial charge in [0.25, 0.3) is 0 Å². The Morgan fingerprint density at radius 1 is 1.30 bits per heavy atom. The van der Waals surface area contributed by atoms with Crippen molar-refractivity contribution in [2.45, 2.75) is 26.7 Å². The molecule has 2 aromatic heterocycles. The van der Waals surface area contributed by atoms with Crippen LogP contribution in [0, 0.1) is 19.8 Å². The number of aromatic nitrogens is 3. The summed E-state index contributed by atoms with van der Waals surface area (Å²) >= 11 is 3.35. The lowest BCUT2D eigenvalue weighted by Crippen LogP contribution is -2.02. The molecular weight excluding hydrogens is 318 g/mol. The molecule has 0 atom stereocenters. The zero-order valence-corrected chi connectivity index (χ0v) is 13.3. The molecule has 1 saturated carbocycles. The quantitative estimate of drug-likeness (QED) is 0.857. The standard InChI is InChI=1S/C9H11BrN2O.C6H7N/c1-6-11-4-8(10)9(12-6)13-5-7-2-3-7;1-6-3-2-4-7-5-6/h4,7H,2-3,5H2,1H3;2-5H,1H3. The molecule has 0 aromatic carbocycles. The molecule has 4 nitrogen and oxygen atoms in total. The Morgan fingerprint density at radius 2 is 2.10 bits per heavy atom. The van der Waals surface area contributed by atoms with Crippen LogP contribution in [-0.2, 0) is 0 Å². The number of halogens is 1. The van der Waals surface area contributed by atoms with Gasteiger partial charge in [-0.25, -0.2) is 4.98 Å². The largest absolute Gasteiger partial charge is 0.476 e. The van der Waals surface area contributed by atoms with Crippen LogP contribution in [0.15, 0.2) is 35.2 Å². The topological polar surface area (TPSA) is 47.9 Å². The summed E-state index contributed by atoms with van der Waals surface area (Å²) < 4.78 is 6.38. The van der Waals surface area contributed by atoms with E-state index in [0.717, 1.165) is 22.8 Å². The van der Waals surface area contributed by atoms with Crippen molar-refractivity contribution in [2.75, 3.05) is 6.61 Å². The van der Waals surface area contributed by atoms with Gasteiger partial charge in [0, 0.05) is 18.6 Å². The van der Waals surface area contributed by atoms with Crippen LogP contribution in [0.25, 0.3) is 0 Å². The fourth-order valence-electron chi connectivity index (χ4n) is 1.47. The Bertz CT molecular complexity index is 544. The number of hydrogen-bond donors (Lipinski definition) is 0. The summed E-state index contributed by atoms with van der Waals surface area (Å²) in [6.45, 7) is 4.67. The SMILES string of the molecule is Cc1cccnc1.Cc1ncc(Br)c(OCC2CC2)n1. The van der Waals surface area contributed by atoms with E-state index in [9.17, 15) is 0 Å². The van der Waals surface area contributed by atoms with Crippen molar-refractivity contribution < 1.29 is 4.74 Å². The van der Waals surface area contributed by atoms with Gasteiger partial charge in [0.1, 0.15) is 5.82 Å². The first-order valence-electron chi connectivity index (χ1n) is 6.63. The summed E-state index contributed by atoms with van der Waals surface area (Å²) in [4.78, 5) is 12.1. The van der Waals surface area contributed by atoms with E-state index in [2.05, 4.69) is 30.9 Å². The number of hydrogen-bond acceptors (Lipinski definition) is 4. The maximum absolute atomic E-state index is 5.54. The molecule has 3 rings (SSSR count). The van der Waals surface area contributed by atoms with Crippen molar-refractivity contribution in [3.63, 3.8) is 0 Å². The lowest BCUT2D eigenvalue weighted by atomic mass is 10.3. The van der Waals surface area contributed by atoms with Gasteiger partial charge in [-0.05, 0) is 60.2 Å². The molecule has 0 bridgehead atoms. The Balaban J connectivity index is 0.000000178. The highest BCUT2D eigenvalue weighted by Gasteiger charge is 2.22. The molecule has 5 heteroatoms. The second-order valence-corrected chi connectivity index (χ2v) is 5.71. The van der Waals surface area contributed by atoms with Crippen molar-refractivity contribution in [1.82, 2.24) is 15.0 Å². The number of nitrogens with zero attached hydrogens (tertiary/aromatic N) is 3. The number of rotatable bonds is 3. The Labute approximate surface area is 127 Å². The second kappa shape index (κ2) is 7.33. The van der Waals surface area contributed by atoms with Crippen LogP contribution < -0.4 is 4.74 Å². The van der Waals surface area contributed by atoms with Gasteiger partial charge in [0.05, 0.1) is 11.1 Å². The monoisotopic (exact) mass is 335 g/mol. The highest BCUT2D eigenvalue weighted by atomic mass is 79.9. The molecule has 0 unspecified atom stereocenters. The van der Waals surface area contributed by atoms with Gasteiger partial charge >= 0.3 is 0 Å². The molecule has 0 spiro atoms. The van der Waals surface area contributed by atoms with Gasteiger partial charge in [0.2, 0.25) is 5.88 Å². The highest BCUT2D eigenvalue weighted by Crippen LogP contribution is 2.30. The van der Waals surface area contributed by atoms with Crippen LogP contribution in [0.2, 0.25) is 0 Å². The number of ether oxygens (including phenoxy) is 1. The molecule has 0 aliphatic heterocycles. The first kappa shape index (κ1) is 14.9.